The molecule has 0 aromatic heterocycles. The van der Waals surface area contributed by atoms with E-state index in [-0.39, 0.29) is 5.97 Å². The van der Waals surface area contributed by atoms with Crippen LogP contribution in [0.1, 0.15) is 12.5 Å². The van der Waals surface area contributed by atoms with Gasteiger partial charge in [-0.3, -0.25) is 0 Å². The predicted octanol–water partition coefficient (Wildman–Crippen LogP) is 1.20. The van der Waals surface area contributed by atoms with E-state index >= 15 is 0 Å². The molecule has 1 aliphatic rings. The SMILES string of the molecule is CNC(C)(CN1CCc2ccccc21)C(=O)OC. The van der Waals surface area contributed by atoms with E-state index in [9.17, 15) is 4.79 Å². The van der Waals surface area contributed by atoms with Gasteiger partial charge in [-0.2, -0.15) is 0 Å². The van der Waals surface area contributed by atoms with Crippen LogP contribution < -0.4 is 10.2 Å². The summed E-state index contributed by atoms with van der Waals surface area (Å²) in [6.45, 7) is 3.45. The summed E-state index contributed by atoms with van der Waals surface area (Å²) < 4.78 is 4.88. The molecule has 0 amide bonds. The second kappa shape index (κ2) is 4.98. The lowest BCUT2D eigenvalue weighted by Gasteiger charge is -2.32. The van der Waals surface area contributed by atoms with Gasteiger partial charge in [-0.05, 0) is 32.0 Å². The number of carbonyl (C=O) groups excluding carboxylic acids is 1. The molecular formula is C14H20N2O2. The zero-order chi connectivity index (χ0) is 13.2. The number of methoxy groups -OCH3 is 1. The predicted molar refractivity (Wildman–Crippen MR) is 71.8 cm³/mol. The van der Waals surface area contributed by atoms with Crippen molar-refractivity contribution in [2.45, 2.75) is 18.9 Å². The Labute approximate surface area is 108 Å². The van der Waals surface area contributed by atoms with Gasteiger partial charge in [0.2, 0.25) is 0 Å². The number of likely N-dealkylation sites (N-methyl/N-ethyl adjacent to an activating group) is 1. The number of nitrogens with one attached hydrogen (secondary N) is 1. The highest BCUT2D eigenvalue weighted by atomic mass is 16.5. The molecule has 1 aromatic rings. The lowest BCUT2D eigenvalue weighted by atomic mass is 10.0. The van der Waals surface area contributed by atoms with E-state index < -0.39 is 5.54 Å². The van der Waals surface area contributed by atoms with Crippen molar-refractivity contribution >= 4 is 11.7 Å². The number of anilines is 1. The van der Waals surface area contributed by atoms with Crippen molar-refractivity contribution < 1.29 is 9.53 Å². The van der Waals surface area contributed by atoms with Gasteiger partial charge in [0.25, 0.3) is 0 Å². The van der Waals surface area contributed by atoms with Crippen LogP contribution in [-0.4, -0.2) is 38.8 Å². The normalized spacial score (nSPS) is 17.2. The number of rotatable bonds is 4. The third-order valence-corrected chi connectivity index (χ3v) is 3.68. The van der Waals surface area contributed by atoms with Crippen molar-refractivity contribution in [1.29, 1.82) is 0 Å². The Morgan fingerprint density at radius 3 is 2.89 bits per heavy atom. The molecule has 1 atom stereocenters. The molecule has 1 aromatic carbocycles. The van der Waals surface area contributed by atoms with Crippen molar-refractivity contribution in [3.05, 3.63) is 29.8 Å². The molecule has 1 unspecified atom stereocenters. The quantitative estimate of drug-likeness (QED) is 0.813. The molecule has 0 saturated heterocycles. The lowest BCUT2D eigenvalue weighted by molar-refractivity contribution is -0.147. The van der Waals surface area contributed by atoms with Gasteiger partial charge in [-0.1, -0.05) is 18.2 Å². The molecule has 1 heterocycles. The minimum absolute atomic E-state index is 0.227. The first-order chi connectivity index (χ1) is 8.60. The number of hydrogen-bond donors (Lipinski definition) is 1. The minimum atomic E-state index is -0.674. The average molecular weight is 248 g/mol. The maximum absolute atomic E-state index is 11.9. The van der Waals surface area contributed by atoms with Crippen LogP contribution in [0.15, 0.2) is 24.3 Å². The summed E-state index contributed by atoms with van der Waals surface area (Å²) in [7, 11) is 3.22. The Morgan fingerprint density at radius 2 is 2.22 bits per heavy atom. The molecule has 0 spiro atoms. The zero-order valence-electron chi connectivity index (χ0n) is 11.2. The molecule has 1 aliphatic heterocycles. The average Bonchev–Trinajstić information content (AvgIpc) is 2.81. The van der Waals surface area contributed by atoms with Crippen molar-refractivity contribution in [1.82, 2.24) is 5.32 Å². The molecule has 98 valence electrons. The van der Waals surface area contributed by atoms with Crippen molar-refractivity contribution in [2.75, 3.05) is 32.1 Å². The second-order valence-corrected chi connectivity index (χ2v) is 4.87. The molecule has 18 heavy (non-hydrogen) atoms. The molecular weight excluding hydrogens is 228 g/mol. The lowest BCUT2D eigenvalue weighted by Crippen LogP contribution is -2.56. The molecule has 2 rings (SSSR count). The van der Waals surface area contributed by atoms with Gasteiger partial charge in [0.15, 0.2) is 0 Å². The molecule has 0 fully saturated rings. The van der Waals surface area contributed by atoms with Crippen molar-refractivity contribution in [3.8, 4) is 0 Å². The highest BCUT2D eigenvalue weighted by molar-refractivity contribution is 5.81. The van der Waals surface area contributed by atoms with E-state index in [4.69, 9.17) is 4.74 Å². The minimum Gasteiger partial charge on any atom is -0.468 e. The Bertz CT molecular complexity index is 447. The molecule has 1 N–H and O–H groups in total. The first-order valence-electron chi connectivity index (χ1n) is 6.21. The van der Waals surface area contributed by atoms with Gasteiger partial charge in [-0.25, -0.2) is 4.79 Å². The molecule has 0 radical (unpaired) electrons. The van der Waals surface area contributed by atoms with Gasteiger partial charge < -0.3 is 15.0 Å². The van der Waals surface area contributed by atoms with Crippen LogP contribution in [0.25, 0.3) is 0 Å². The maximum atomic E-state index is 11.9. The van der Waals surface area contributed by atoms with E-state index in [2.05, 4.69) is 28.4 Å². The van der Waals surface area contributed by atoms with Gasteiger partial charge in [0, 0.05) is 18.8 Å². The Hall–Kier alpha value is -1.55. The van der Waals surface area contributed by atoms with E-state index in [1.807, 2.05) is 13.0 Å². The molecule has 4 nitrogen and oxygen atoms in total. The number of fused-ring (bicyclic) bond motifs is 1. The van der Waals surface area contributed by atoms with Gasteiger partial charge >= 0.3 is 5.97 Å². The van der Waals surface area contributed by atoms with E-state index in [0.717, 1.165) is 13.0 Å². The molecule has 4 heteroatoms. The maximum Gasteiger partial charge on any atom is 0.327 e. The van der Waals surface area contributed by atoms with Crippen molar-refractivity contribution in [3.63, 3.8) is 0 Å². The summed E-state index contributed by atoms with van der Waals surface area (Å²) in [6, 6.07) is 8.34. The van der Waals surface area contributed by atoms with Crippen LogP contribution in [0.5, 0.6) is 0 Å². The third kappa shape index (κ3) is 2.20. The first-order valence-corrected chi connectivity index (χ1v) is 6.21. The third-order valence-electron chi connectivity index (χ3n) is 3.68. The van der Waals surface area contributed by atoms with Crippen LogP contribution >= 0.6 is 0 Å². The summed E-state index contributed by atoms with van der Waals surface area (Å²) in [5.74, 6) is -0.227. The van der Waals surface area contributed by atoms with Crippen LogP contribution in [0.4, 0.5) is 5.69 Å². The number of esters is 1. The van der Waals surface area contributed by atoms with Crippen LogP contribution in [0.3, 0.4) is 0 Å². The van der Waals surface area contributed by atoms with Crippen LogP contribution in [-0.2, 0) is 16.0 Å². The van der Waals surface area contributed by atoms with Gasteiger partial charge in [-0.15, -0.1) is 0 Å². The summed E-state index contributed by atoms with van der Waals surface area (Å²) in [4.78, 5) is 14.1. The fourth-order valence-electron chi connectivity index (χ4n) is 2.42. The number of benzene rings is 1. The zero-order valence-corrected chi connectivity index (χ0v) is 11.2. The highest BCUT2D eigenvalue weighted by Crippen LogP contribution is 2.28. The monoisotopic (exact) mass is 248 g/mol. The Morgan fingerprint density at radius 1 is 1.50 bits per heavy atom. The first kappa shape index (κ1) is 12.9. The van der Waals surface area contributed by atoms with Gasteiger partial charge in [0.05, 0.1) is 7.11 Å². The summed E-state index contributed by atoms with van der Waals surface area (Å²) in [6.07, 6.45) is 1.04. The van der Waals surface area contributed by atoms with Crippen LogP contribution in [0.2, 0.25) is 0 Å². The summed E-state index contributed by atoms with van der Waals surface area (Å²) >= 11 is 0. The summed E-state index contributed by atoms with van der Waals surface area (Å²) in [5.41, 5.74) is 1.90. The molecule has 0 saturated carbocycles. The highest BCUT2D eigenvalue weighted by Gasteiger charge is 2.36. The Balaban J connectivity index is 2.18. The second-order valence-electron chi connectivity index (χ2n) is 4.87. The molecule has 0 bridgehead atoms. The van der Waals surface area contributed by atoms with E-state index in [1.165, 1.54) is 18.4 Å². The van der Waals surface area contributed by atoms with E-state index in [1.54, 1.807) is 7.05 Å². The number of para-hydroxylation sites is 1. The number of nitrogens with zero attached hydrogens (tertiary/aromatic N) is 1. The number of hydrogen-bond acceptors (Lipinski definition) is 4. The largest absolute Gasteiger partial charge is 0.468 e. The standard InChI is InChI=1S/C14H20N2O2/c1-14(15-2,13(17)18-3)10-16-9-8-11-6-4-5-7-12(11)16/h4-7,15H,8-10H2,1-3H3. The van der Waals surface area contributed by atoms with Crippen LogP contribution in [0, 0.1) is 0 Å². The number of ether oxygens (including phenoxy) is 1. The smallest absolute Gasteiger partial charge is 0.327 e. The fourth-order valence-corrected chi connectivity index (χ4v) is 2.42. The number of carbonyl (C=O) groups is 1. The van der Waals surface area contributed by atoms with Crippen molar-refractivity contribution in [2.24, 2.45) is 0 Å². The topological polar surface area (TPSA) is 41.6 Å². The summed E-state index contributed by atoms with van der Waals surface area (Å²) in [5, 5.41) is 3.07. The van der Waals surface area contributed by atoms with Gasteiger partial charge in [0.1, 0.15) is 5.54 Å². The fraction of sp³-hybridized carbons (Fsp3) is 0.500. The molecule has 0 aliphatic carbocycles. The van der Waals surface area contributed by atoms with E-state index in [0.29, 0.717) is 6.54 Å². The Kier molecular flexibility index (Phi) is 3.57.